The van der Waals surface area contributed by atoms with Gasteiger partial charge in [-0.05, 0) is 12.1 Å². The number of H-pyrrole nitrogens is 1. The van der Waals surface area contributed by atoms with Gasteiger partial charge in [0.2, 0.25) is 5.16 Å². The van der Waals surface area contributed by atoms with Crippen molar-refractivity contribution < 1.29 is 14.3 Å². The van der Waals surface area contributed by atoms with Crippen molar-refractivity contribution in [3.63, 3.8) is 0 Å². The first kappa shape index (κ1) is 13.4. The van der Waals surface area contributed by atoms with Gasteiger partial charge in [-0.3, -0.25) is 9.89 Å². The number of carbonyl (C=O) groups is 1. The molecule has 0 fully saturated rings. The molecule has 0 saturated heterocycles. The first-order valence-electron chi connectivity index (χ1n) is 5.50. The van der Waals surface area contributed by atoms with Crippen LogP contribution in [-0.2, 0) is 9.53 Å². The molecular weight excluding hydrogens is 266 g/mol. The molecule has 0 amide bonds. The number of ether oxygens (including phenoxy) is 2. The van der Waals surface area contributed by atoms with Crippen molar-refractivity contribution in [3.8, 4) is 17.1 Å². The fourth-order valence-corrected chi connectivity index (χ4v) is 2.08. The van der Waals surface area contributed by atoms with Gasteiger partial charge in [-0.2, -0.15) is 0 Å². The van der Waals surface area contributed by atoms with Gasteiger partial charge >= 0.3 is 5.97 Å². The Morgan fingerprint density at radius 2 is 2.16 bits per heavy atom. The number of nitrogens with zero attached hydrogens (tertiary/aromatic N) is 2. The quantitative estimate of drug-likeness (QED) is 0.663. The first-order valence-corrected chi connectivity index (χ1v) is 6.48. The van der Waals surface area contributed by atoms with Crippen molar-refractivity contribution in [2.45, 2.75) is 5.16 Å². The van der Waals surface area contributed by atoms with Gasteiger partial charge in [0.1, 0.15) is 5.75 Å². The zero-order valence-corrected chi connectivity index (χ0v) is 11.4. The molecule has 2 aromatic rings. The molecule has 0 saturated carbocycles. The minimum Gasteiger partial charge on any atom is -0.496 e. The van der Waals surface area contributed by atoms with E-state index in [1.807, 2.05) is 24.3 Å². The maximum Gasteiger partial charge on any atom is 0.316 e. The number of rotatable bonds is 5. The van der Waals surface area contributed by atoms with E-state index in [0.717, 1.165) is 5.56 Å². The molecule has 0 aliphatic rings. The van der Waals surface area contributed by atoms with Crippen molar-refractivity contribution >= 4 is 17.7 Å². The fraction of sp³-hybridized carbons (Fsp3) is 0.250. The van der Waals surface area contributed by atoms with E-state index < -0.39 is 0 Å². The van der Waals surface area contributed by atoms with Gasteiger partial charge < -0.3 is 9.47 Å². The highest BCUT2D eigenvalue weighted by Crippen LogP contribution is 2.27. The lowest BCUT2D eigenvalue weighted by molar-refractivity contribution is -0.137. The summed E-state index contributed by atoms with van der Waals surface area (Å²) in [6.45, 7) is 0. The molecule has 6 nitrogen and oxygen atoms in total. The minimum atomic E-state index is -0.311. The topological polar surface area (TPSA) is 77.1 Å². The van der Waals surface area contributed by atoms with Crippen LogP contribution < -0.4 is 4.74 Å². The summed E-state index contributed by atoms with van der Waals surface area (Å²) in [7, 11) is 2.95. The Labute approximate surface area is 114 Å². The highest BCUT2D eigenvalue weighted by Gasteiger charge is 2.11. The Morgan fingerprint density at radius 3 is 2.89 bits per heavy atom. The molecule has 0 unspecified atom stereocenters. The summed E-state index contributed by atoms with van der Waals surface area (Å²) in [6, 6.07) is 7.50. The average molecular weight is 279 g/mol. The van der Waals surface area contributed by atoms with E-state index in [1.54, 1.807) is 7.11 Å². The molecule has 1 N–H and O–H groups in total. The number of methoxy groups -OCH3 is 2. The SMILES string of the molecule is COC(=O)CSc1n[nH]c(-c2ccccc2OC)n1. The van der Waals surface area contributed by atoms with E-state index in [1.165, 1.54) is 18.9 Å². The molecule has 1 aromatic heterocycles. The average Bonchev–Trinajstić information content (AvgIpc) is 2.93. The first-order chi connectivity index (χ1) is 9.24. The number of nitrogens with one attached hydrogen (secondary N) is 1. The second-order valence-electron chi connectivity index (χ2n) is 3.53. The molecule has 2 rings (SSSR count). The van der Waals surface area contributed by atoms with Crippen molar-refractivity contribution in [3.05, 3.63) is 24.3 Å². The summed E-state index contributed by atoms with van der Waals surface area (Å²) in [5, 5.41) is 7.35. The van der Waals surface area contributed by atoms with Crippen LogP contribution in [0.5, 0.6) is 5.75 Å². The Hall–Kier alpha value is -2.02. The minimum absolute atomic E-state index is 0.180. The molecule has 1 aromatic carbocycles. The lowest BCUT2D eigenvalue weighted by atomic mass is 10.2. The van der Waals surface area contributed by atoms with Crippen LogP contribution in [0.3, 0.4) is 0 Å². The van der Waals surface area contributed by atoms with Crippen LogP contribution in [0.25, 0.3) is 11.4 Å². The molecule has 7 heteroatoms. The molecule has 0 bridgehead atoms. The largest absolute Gasteiger partial charge is 0.496 e. The standard InChI is InChI=1S/C12H13N3O3S/c1-17-9-6-4-3-5-8(9)11-13-12(15-14-11)19-7-10(16)18-2/h3-6H,7H2,1-2H3,(H,13,14,15). The Kier molecular flexibility index (Phi) is 4.40. The molecule has 0 aliphatic carbocycles. The number of benzene rings is 1. The summed E-state index contributed by atoms with van der Waals surface area (Å²) in [5.41, 5.74) is 0.822. The predicted molar refractivity (Wildman–Crippen MR) is 71.1 cm³/mol. The maximum absolute atomic E-state index is 11.0. The number of hydrogen-bond donors (Lipinski definition) is 1. The number of aromatic amines is 1. The summed E-state index contributed by atoms with van der Waals surface area (Å²) < 4.78 is 9.81. The zero-order chi connectivity index (χ0) is 13.7. The van der Waals surface area contributed by atoms with Gasteiger partial charge in [0, 0.05) is 0 Å². The summed E-state index contributed by atoms with van der Waals surface area (Å²) in [6.07, 6.45) is 0. The lowest BCUT2D eigenvalue weighted by Gasteiger charge is -2.04. The van der Waals surface area contributed by atoms with E-state index in [-0.39, 0.29) is 11.7 Å². The number of carbonyl (C=O) groups excluding carboxylic acids is 1. The third-order valence-corrected chi connectivity index (χ3v) is 3.19. The normalized spacial score (nSPS) is 10.2. The smallest absolute Gasteiger partial charge is 0.316 e. The third kappa shape index (κ3) is 3.25. The molecule has 0 aliphatic heterocycles. The van der Waals surface area contributed by atoms with Crippen molar-refractivity contribution in [1.29, 1.82) is 0 Å². The number of para-hydroxylation sites is 1. The predicted octanol–water partition coefficient (Wildman–Crippen LogP) is 1.75. The van der Waals surface area contributed by atoms with Crippen LogP contribution in [0.2, 0.25) is 0 Å². The maximum atomic E-state index is 11.0. The van der Waals surface area contributed by atoms with E-state index in [0.29, 0.717) is 16.7 Å². The van der Waals surface area contributed by atoms with Gasteiger partial charge in [0.05, 0.1) is 25.5 Å². The van der Waals surface area contributed by atoms with E-state index >= 15 is 0 Å². The van der Waals surface area contributed by atoms with E-state index in [4.69, 9.17) is 4.74 Å². The Morgan fingerprint density at radius 1 is 1.37 bits per heavy atom. The molecular formula is C12H13N3O3S. The fourth-order valence-electron chi connectivity index (χ4n) is 1.45. The summed E-state index contributed by atoms with van der Waals surface area (Å²) >= 11 is 1.21. The van der Waals surface area contributed by atoms with E-state index in [2.05, 4.69) is 19.9 Å². The monoisotopic (exact) mass is 279 g/mol. The van der Waals surface area contributed by atoms with Crippen molar-refractivity contribution in [1.82, 2.24) is 15.2 Å². The highest BCUT2D eigenvalue weighted by atomic mass is 32.2. The second kappa shape index (κ2) is 6.24. The van der Waals surface area contributed by atoms with E-state index in [9.17, 15) is 4.79 Å². The molecule has 0 radical (unpaired) electrons. The van der Waals surface area contributed by atoms with Crippen molar-refractivity contribution in [2.24, 2.45) is 0 Å². The Balaban J connectivity index is 2.14. The number of esters is 1. The zero-order valence-electron chi connectivity index (χ0n) is 10.5. The van der Waals surface area contributed by atoms with Crippen LogP contribution in [-0.4, -0.2) is 41.1 Å². The second-order valence-corrected chi connectivity index (χ2v) is 4.47. The van der Waals surface area contributed by atoms with Gasteiger partial charge in [0.25, 0.3) is 0 Å². The molecule has 100 valence electrons. The summed E-state index contributed by atoms with van der Waals surface area (Å²) in [4.78, 5) is 15.3. The Bertz CT molecular complexity index is 571. The summed E-state index contributed by atoms with van der Waals surface area (Å²) in [5.74, 6) is 1.18. The molecule has 19 heavy (non-hydrogen) atoms. The van der Waals surface area contributed by atoms with Gasteiger partial charge in [-0.25, -0.2) is 4.98 Å². The van der Waals surface area contributed by atoms with Crippen LogP contribution in [0.15, 0.2) is 29.4 Å². The van der Waals surface area contributed by atoms with Crippen LogP contribution >= 0.6 is 11.8 Å². The molecule has 1 heterocycles. The van der Waals surface area contributed by atoms with Crippen LogP contribution in [0, 0.1) is 0 Å². The van der Waals surface area contributed by atoms with Crippen LogP contribution in [0.4, 0.5) is 0 Å². The highest BCUT2D eigenvalue weighted by molar-refractivity contribution is 7.99. The van der Waals surface area contributed by atoms with Crippen molar-refractivity contribution in [2.75, 3.05) is 20.0 Å². The lowest BCUT2D eigenvalue weighted by Crippen LogP contribution is -2.03. The molecule has 0 atom stereocenters. The van der Waals surface area contributed by atoms with Gasteiger partial charge in [0.15, 0.2) is 5.82 Å². The van der Waals surface area contributed by atoms with Gasteiger partial charge in [-0.1, -0.05) is 23.9 Å². The number of hydrogen-bond acceptors (Lipinski definition) is 6. The molecule has 0 spiro atoms. The number of thioether (sulfide) groups is 1. The third-order valence-electron chi connectivity index (χ3n) is 2.37. The van der Waals surface area contributed by atoms with Crippen LogP contribution in [0.1, 0.15) is 0 Å². The van der Waals surface area contributed by atoms with Gasteiger partial charge in [-0.15, -0.1) is 5.10 Å². The number of aromatic nitrogens is 3.